The molecule has 2 aromatic heterocycles. The lowest BCUT2D eigenvalue weighted by Crippen LogP contribution is -1.96. The fraction of sp³-hybridized carbons (Fsp3) is 0. The Bertz CT molecular complexity index is 1910. The van der Waals surface area contributed by atoms with Crippen molar-refractivity contribution in [3.63, 3.8) is 0 Å². The number of rotatable bonds is 4. The Labute approximate surface area is 225 Å². The summed E-state index contributed by atoms with van der Waals surface area (Å²) in [7, 11) is 0. The first-order valence-electron chi connectivity index (χ1n) is 12.4. The van der Waals surface area contributed by atoms with E-state index in [2.05, 4.69) is 60.7 Å². The van der Waals surface area contributed by atoms with E-state index in [9.17, 15) is 0 Å². The fourth-order valence-corrected chi connectivity index (χ4v) is 5.00. The molecule has 5 aromatic carbocycles. The lowest BCUT2D eigenvalue weighted by atomic mass is 10.0. The molecule has 180 valence electrons. The van der Waals surface area contributed by atoms with Crippen molar-refractivity contribution < 1.29 is 4.42 Å². The number of fused-ring (bicyclic) bond motifs is 3. The van der Waals surface area contributed by atoms with Gasteiger partial charge in [-0.2, -0.15) is 0 Å². The Hall–Kier alpha value is -4.73. The number of furan rings is 1. The highest BCUT2D eigenvalue weighted by Gasteiger charge is 2.14. The zero-order valence-electron chi connectivity index (χ0n) is 20.3. The minimum atomic E-state index is 0.681. The maximum absolute atomic E-state index is 6.30. The lowest BCUT2D eigenvalue weighted by Gasteiger charge is -2.10. The van der Waals surface area contributed by atoms with Crippen molar-refractivity contribution in [1.82, 2.24) is 9.97 Å². The molecule has 0 amide bonds. The van der Waals surface area contributed by atoms with Gasteiger partial charge in [0.05, 0.1) is 11.4 Å². The van der Waals surface area contributed by atoms with Crippen molar-refractivity contribution in [2.45, 2.75) is 0 Å². The second-order valence-electron chi connectivity index (χ2n) is 9.22. The van der Waals surface area contributed by atoms with Crippen molar-refractivity contribution in [3.8, 4) is 45.0 Å². The molecule has 3 nitrogen and oxygen atoms in total. The quantitative estimate of drug-likeness (QED) is 0.237. The van der Waals surface area contributed by atoms with E-state index in [4.69, 9.17) is 26.0 Å². The van der Waals surface area contributed by atoms with Crippen molar-refractivity contribution >= 4 is 33.5 Å². The van der Waals surface area contributed by atoms with Crippen LogP contribution in [0.4, 0.5) is 0 Å². The monoisotopic (exact) mass is 508 g/mol. The Morgan fingerprint density at radius 1 is 0.447 bits per heavy atom. The van der Waals surface area contributed by atoms with Crippen LogP contribution in [0.1, 0.15) is 0 Å². The molecule has 2 heterocycles. The second-order valence-corrected chi connectivity index (χ2v) is 9.66. The third-order valence-corrected chi connectivity index (χ3v) is 7.01. The third kappa shape index (κ3) is 4.13. The summed E-state index contributed by atoms with van der Waals surface area (Å²) in [4.78, 5) is 9.95. The van der Waals surface area contributed by atoms with Gasteiger partial charge in [0, 0.05) is 32.5 Å². The van der Waals surface area contributed by atoms with Crippen LogP contribution in [0.5, 0.6) is 0 Å². The number of hydrogen-bond donors (Lipinski definition) is 0. The summed E-state index contributed by atoms with van der Waals surface area (Å²) in [6, 6.07) is 42.9. The van der Waals surface area contributed by atoms with E-state index in [1.807, 2.05) is 66.7 Å². The zero-order chi connectivity index (χ0) is 25.5. The lowest BCUT2D eigenvalue weighted by molar-refractivity contribution is 0.669. The average molecular weight is 509 g/mol. The second kappa shape index (κ2) is 9.29. The van der Waals surface area contributed by atoms with E-state index in [1.54, 1.807) is 0 Å². The van der Waals surface area contributed by atoms with Crippen LogP contribution in [-0.2, 0) is 0 Å². The summed E-state index contributed by atoms with van der Waals surface area (Å²) in [6.07, 6.45) is 0. The molecule has 0 radical (unpaired) electrons. The van der Waals surface area contributed by atoms with Crippen LogP contribution in [0.25, 0.3) is 67.0 Å². The van der Waals surface area contributed by atoms with Crippen LogP contribution >= 0.6 is 11.6 Å². The molecule has 0 bridgehead atoms. The number of halogens is 1. The van der Waals surface area contributed by atoms with Gasteiger partial charge in [0.15, 0.2) is 5.82 Å². The first-order chi connectivity index (χ1) is 18.7. The van der Waals surface area contributed by atoms with E-state index in [0.29, 0.717) is 10.8 Å². The summed E-state index contributed by atoms with van der Waals surface area (Å²) in [5.41, 5.74) is 8.70. The maximum Gasteiger partial charge on any atom is 0.160 e. The Kier molecular flexibility index (Phi) is 5.49. The molecule has 38 heavy (non-hydrogen) atoms. The molecule has 0 unspecified atom stereocenters. The SMILES string of the molecule is Clc1ccc2oc3ccc(-c4cc(-c5ccc(-c6ccccc6)cc5)nc(-c5ccccc5)n4)cc3c2c1. The number of nitrogens with zero attached hydrogens (tertiary/aromatic N) is 2. The molecule has 0 aliphatic carbocycles. The molecule has 0 spiro atoms. The molecule has 0 saturated carbocycles. The predicted molar refractivity (Wildman–Crippen MR) is 156 cm³/mol. The fourth-order valence-electron chi connectivity index (χ4n) is 4.83. The molecule has 7 aromatic rings. The van der Waals surface area contributed by atoms with Crippen molar-refractivity contribution in [2.24, 2.45) is 0 Å². The third-order valence-electron chi connectivity index (χ3n) is 6.77. The highest BCUT2D eigenvalue weighted by Crippen LogP contribution is 2.35. The minimum Gasteiger partial charge on any atom is -0.456 e. The van der Waals surface area contributed by atoms with Crippen LogP contribution in [-0.4, -0.2) is 9.97 Å². The molecular weight excluding hydrogens is 488 g/mol. The Balaban J connectivity index is 1.38. The van der Waals surface area contributed by atoms with Crippen molar-refractivity contribution in [2.75, 3.05) is 0 Å². The van der Waals surface area contributed by atoms with Crippen molar-refractivity contribution in [3.05, 3.63) is 132 Å². The highest BCUT2D eigenvalue weighted by molar-refractivity contribution is 6.31. The van der Waals surface area contributed by atoms with Gasteiger partial charge in [-0.25, -0.2) is 9.97 Å². The standard InChI is InChI=1S/C34H21ClN2O/c35-27-16-18-33-29(20-27)28-19-26(15-17-32(28)38-33)31-21-30(36-34(37-31)25-9-5-2-6-10-25)24-13-11-23(12-14-24)22-7-3-1-4-8-22/h1-21H. The average Bonchev–Trinajstić information content (AvgIpc) is 3.35. The summed E-state index contributed by atoms with van der Waals surface area (Å²) in [5, 5.41) is 2.68. The summed E-state index contributed by atoms with van der Waals surface area (Å²) >= 11 is 6.30. The number of aromatic nitrogens is 2. The number of benzene rings is 5. The van der Waals surface area contributed by atoms with Crippen LogP contribution in [0.2, 0.25) is 5.02 Å². The Morgan fingerprint density at radius 2 is 0.974 bits per heavy atom. The molecule has 0 N–H and O–H groups in total. The molecular formula is C34H21ClN2O. The number of hydrogen-bond acceptors (Lipinski definition) is 3. The van der Waals surface area contributed by atoms with Gasteiger partial charge in [0.25, 0.3) is 0 Å². The largest absolute Gasteiger partial charge is 0.456 e. The van der Waals surface area contributed by atoms with Gasteiger partial charge in [-0.1, -0.05) is 96.5 Å². The van der Waals surface area contributed by atoms with Gasteiger partial charge in [-0.05, 0) is 53.6 Å². The smallest absolute Gasteiger partial charge is 0.160 e. The summed E-state index contributed by atoms with van der Waals surface area (Å²) in [6.45, 7) is 0. The summed E-state index contributed by atoms with van der Waals surface area (Å²) in [5.74, 6) is 0.686. The van der Waals surface area contributed by atoms with Crippen LogP contribution in [0, 0.1) is 0 Å². The zero-order valence-corrected chi connectivity index (χ0v) is 21.1. The van der Waals surface area contributed by atoms with E-state index in [0.717, 1.165) is 50.0 Å². The molecule has 0 saturated heterocycles. The van der Waals surface area contributed by atoms with Gasteiger partial charge in [0.2, 0.25) is 0 Å². The van der Waals surface area contributed by atoms with E-state index < -0.39 is 0 Å². The molecule has 7 rings (SSSR count). The Morgan fingerprint density at radius 3 is 1.68 bits per heavy atom. The normalized spacial score (nSPS) is 11.3. The van der Waals surface area contributed by atoms with Gasteiger partial charge in [-0.15, -0.1) is 0 Å². The van der Waals surface area contributed by atoms with E-state index in [1.165, 1.54) is 11.1 Å². The van der Waals surface area contributed by atoms with Crippen molar-refractivity contribution in [1.29, 1.82) is 0 Å². The minimum absolute atomic E-state index is 0.681. The van der Waals surface area contributed by atoms with Gasteiger partial charge in [0.1, 0.15) is 11.2 Å². The van der Waals surface area contributed by atoms with Crippen LogP contribution in [0.3, 0.4) is 0 Å². The van der Waals surface area contributed by atoms with Gasteiger partial charge >= 0.3 is 0 Å². The van der Waals surface area contributed by atoms with Gasteiger partial charge in [-0.3, -0.25) is 0 Å². The molecule has 4 heteroatoms. The molecule has 0 atom stereocenters. The molecule has 0 aliphatic heterocycles. The predicted octanol–water partition coefficient (Wildman–Crippen LogP) is 9.70. The van der Waals surface area contributed by atoms with Crippen LogP contribution in [0.15, 0.2) is 132 Å². The first kappa shape index (κ1) is 22.5. The van der Waals surface area contributed by atoms with E-state index in [-0.39, 0.29) is 0 Å². The molecule has 0 fully saturated rings. The maximum atomic E-state index is 6.30. The molecule has 0 aliphatic rings. The topological polar surface area (TPSA) is 38.9 Å². The van der Waals surface area contributed by atoms with E-state index >= 15 is 0 Å². The highest BCUT2D eigenvalue weighted by atomic mass is 35.5. The first-order valence-corrected chi connectivity index (χ1v) is 12.8. The van der Waals surface area contributed by atoms with Crippen LogP contribution < -0.4 is 0 Å². The summed E-state index contributed by atoms with van der Waals surface area (Å²) < 4.78 is 6.04. The van der Waals surface area contributed by atoms with Gasteiger partial charge < -0.3 is 4.42 Å².